The third-order valence-electron chi connectivity index (χ3n) is 3.49. The van der Waals surface area contributed by atoms with Gasteiger partial charge in [-0.1, -0.05) is 59.8 Å². The van der Waals surface area contributed by atoms with Crippen LogP contribution in [0.25, 0.3) is 5.69 Å². The molecule has 0 radical (unpaired) electrons. The van der Waals surface area contributed by atoms with Gasteiger partial charge >= 0.3 is 0 Å². The second-order valence-corrected chi connectivity index (χ2v) is 6.31. The molecular formula is C18H18N4OS. The van der Waals surface area contributed by atoms with Gasteiger partial charge in [0.25, 0.3) is 0 Å². The zero-order chi connectivity index (χ0) is 16.8. The van der Waals surface area contributed by atoms with E-state index < -0.39 is 0 Å². The van der Waals surface area contributed by atoms with Gasteiger partial charge in [-0.25, -0.2) is 0 Å². The lowest BCUT2D eigenvalue weighted by atomic mass is 10.1. The molecule has 3 aromatic rings. The van der Waals surface area contributed by atoms with Gasteiger partial charge in [0.05, 0.1) is 5.75 Å². The molecule has 0 unspecified atom stereocenters. The number of nitrogens with one attached hydrogen (secondary N) is 1. The van der Waals surface area contributed by atoms with Crippen LogP contribution in [0, 0.1) is 6.92 Å². The van der Waals surface area contributed by atoms with Gasteiger partial charge in [0.1, 0.15) is 6.33 Å². The average Bonchev–Trinajstić information content (AvgIpc) is 3.09. The number of hydrogen-bond acceptors (Lipinski definition) is 4. The summed E-state index contributed by atoms with van der Waals surface area (Å²) >= 11 is 1.37. The maximum atomic E-state index is 12.0. The number of hydrogen-bond donors (Lipinski definition) is 1. The summed E-state index contributed by atoms with van der Waals surface area (Å²) in [7, 11) is 0. The first kappa shape index (κ1) is 16.3. The molecule has 1 N–H and O–H groups in total. The molecule has 0 aliphatic carbocycles. The molecule has 1 amide bonds. The van der Waals surface area contributed by atoms with E-state index in [2.05, 4.69) is 15.5 Å². The molecule has 0 aliphatic heterocycles. The van der Waals surface area contributed by atoms with Gasteiger partial charge in [-0.15, -0.1) is 10.2 Å². The van der Waals surface area contributed by atoms with E-state index in [9.17, 15) is 4.79 Å². The first-order valence-corrected chi connectivity index (χ1v) is 8.61. The first-order valence-electron chi connectivity index (χ1n) is 7.63. The SMILES string of the molecule is Cc1ccc(CNC(=O)CSc2nncn2-c2ccccc2)cc1. The zero-order valence-corrected chi connectivity index (χ0v) is 14.2. The Morgan fingerprint density at radius 1 is 1.12 bits per heavy atom. The van der Waals surface area contributed by atoms with E-state index in [1.165, 1.54) is 17.3 Å². The number of aromatic nitrogens is 3. The fraction of sp³-hybridized carbons (Fsp3) is 0.167. The van der Waals surface area contributed by atoms with E-state index in [4.69, 9.17) is 0 Å². The molecular weight excluding hydrogens is 320 g/mol. The summed E-state index contributed by atoms with van der Waals surface area (Å²) < 4.78 is 1.87. The van der Waals surface area contributed by atoms with Gasteiger partial charge in [-0.2, -0.15) is 0 Å². The number of benzene rings is 2. The van der Waals surface area contributed by atoms with E-state index >= 15 is 0 Å². The molecule has 0 saturated carbocycles. The third kappa shape index (κ3) is 4.23. The first-order chi connectivity index (χ1) is 11.7. The van der Waals surface area contributed by atoms with Crippen molar-refractivity contribution in [2.45, 2.75) is 18.6 Å². The van der Waals surface area contributed by atoms with Gasteiger partial charge in [-0.05, 0) is 24.6 Å². The smallest absolute Gasteiger partial charge is 0.230 e. The predicted octanol–water partition coefficient (Wildman–Crippen LogP) is 2.98. The van der Waals surface area contributed by atoms with E-state index in [0.29, 0.717) is 17.5 Å². The van der Waals surface area contributed by atoms with Crippen LogP contribution in [0.1, 0.15) is 11.1 Å². The Labute approximate surface area is 145 Å². The van der Waals surface area contributed by atoms with Crippen molar-refractivity contribution in [3.63, 3.8) is 0 Å². The third-order valence-corrected chi connectivity index (χ3v) is 4.44. The minimum absolute atomic E-state index is 0.0248. The quantitative estimate of drug-likeness (QED) is 0.702. The van der Waals surface area contributed by atoms with Gasteiger partial charge < -0.3 is 5.32 Å². The van der Waals surface area contributed by atoms with Crippen LogP contribution in [-0.4, -0.2) is 26.4 Å². The Morgan fingerprint density at radius 2 is 1.88 bits per heavy atom. The lowest BCUT2D eigenvalue weighted by Gasteiger charge is -2.07. The van der Waals surface area contributed by atoms with E-state index in [1.54, 1.807) is 6.33 Å². The molecule has 0 spiro atoms. The standard InChI is InChI=1S/C18H18N4OS/c1-14-7-9-15(10-8-14)11-19-17(23)12-24-18-21-20-13-22(18)16-5-3-2-4-6-16/h2-10,13H,11-12H2,1H3,(H,19,23). The molecule has 122 valence electrons. The number of amides is 1. The second-order valence-electron chi connectivity index (χ2n) is 5.37. The Hall–Kier alpha value is -2.60. The predicted molar refractivity (Wildman–Crippen MR) is 95.1 cm³/mol. The molecule has 24 heavy (non-hydrogen) atoms. The molecule has 0 atom stereocenters. The molecule has 0 aliphatic rings. The molecule has 1 aromatic heterocycles. The van der Waals surface area contributed by atoms with Gasteiger partial charge in [0.15, 0.2) is 5.16 Å². The Balaban J connectivity index is 1.54. The van der Waals surface area contributed by atoms with Crippen molar-refractivity contribution in [3.8, 4) is 5.69 Å². The highest BCUT2D eigenvalue weighted by molar-refractivity contribution is 7.99. The lowest BCUT2D eigenvalue weighted by molar-refractivity contribution is -0.118. The van der Waals surface area contributed by atoms with Crippen molar-refractivity contribution >= 4 is 17.7 Å². The van der Waals surface area contributed by atoms with E-state index in [1.807, 2.05) is 66.1 Å². The number of rotatable bonds is 6. The monoisotopic (exact) mass is 338 g/mol. The van der Waals surface area contributed by atoms with Gasteiger partial charge in [-0.3, -0.25) is 9.36 Å². The van der Waals surface area contributed by atoms with Crippen LogP contribution in [0.3, 0.4) is 0 Å². The molecule has 0 fully saturated rings. The molecule has 2 aromatic carbocycles. The summed E-state index contributed by atoms with van der Waals surface area (Å²) in [5.74, 6) is 0.278. The number of thioether (sulfide) groups is 1. The summed E-state index contributed by atoms with van der Waals surface area (Å²) in [6.45, 7) is 2.58. The van der Waals surface area contributed by atoms with Crippen molar-refractivity contribution in [2.24, 2.45) is 0 Å². The van der Waals surface area contributed by atoms with Crippen LogP contribution in [-0.2, 0) is 11.3 Å². The summed E-state index contributed by atoms with van der Waals surface area (Å²) in [5.41, 5.74) is 3.28. The summed E-state index contributed by atoms with van der Waals surface area (Å²) in [6.07, 6.45) is 1.65. The van der Waals surface area contributed by atoms with Crippen molar-refractivity contribution in [1.82, 2.24) is 20.1 Å². The van der Waals surface area contributed by atoms with Crippen LogP contribution >= 0.6 is 11.8 Å². The highest BCUT2D eigenvalue weighted by atomic mass is 32.2. The van der Waals surface area contributed by atoms with Crippen LogP contribution in [0.5, 0.6) is 0 Å². The number of carbonyl (C=O) groups is 1. The summed E-state index contributed by atoms with van der Waals surface area (Å²) in [6, 6.07) is 18.0. The molecule has 0 bridgehead atoms. The number of nitrogens with zero attached hydrogens (tertiary/aromatic N) is 3. The Morgan fingerprint density at radius 3 is 2.62 bits per heavy atom. The fourth-order valence-electron chi connectivity index (χ4n) is 2.18. The van der Waals surface area contributed by atoms with Crippen LogP contribution in [0.4, 0.5) is 0 Å². The molecule has 0 saturated heterocycles. The van der Waals surface area contributed by atoms with Crippen LogP contribution in [0.2, 0.25) is 0 Å². The zero-order valence-electron chi connectivity index (χ0n) is 13.3. The number of aryl methyl sites for hydroxylation is 1. The maximum absolute atomic E-state index is 12.0. The maximum Gasteiger partial charge on any atom is 0.230 e. The lowest BCUT2D eigenvalue weighted by Crippen LogP contribution is -2.24. The topological polar surface area (TPSA) is 59.8 Å². The molecule has 1 heterocycles. The second kappa shape index (κ2) is 7.79. The summed E-state index contributed by atoms with van der Waals surface area (Å²) in [5, 5.41) is 11.7. The largest absolute Gasteiger partial charge is 0.351 e. The van der Waals surface area contributed by atoms with Crippen molar-refractivity contribution in [3.05, 3.63) is 72.1 Å². The van der Waals surface area contributed by atoms with Crippen LogP contribution in [0.15, 0.2) is 66.1 Å². The average molecular weight is 338 g/mol. The number of para-hydroxylation sites is 1. The van der Waals surface area contributed by atoms with Crippen molar-refractivity contribution in [1.29, 1.82) is 0 Å². The highest BCUT2D eigenvalue weighted by Crippen LogP contribution is 2.18. The van der Waals surface area contributed by atoms with Crippen LogP contribution < -0.4 is 5.32 Å². The van der Waals surface area contributed by atoms with Gasteiger partial charge in [0, 0.05) is 12.2 Å². The Kier molecular flexibility index (Phi) is 5.28. The highest BCUT2D eigenvalue weighted by Gasteiger charge is 2.09. The molecule has 6 heteroatoms. The minimum Gasteiger partial charge on any atom is -0.351 e. The van der Waals surface area contributed by atoms with E-state index in [0.717, 1.165) is 11.3 Å². The van der Waals surface area contributed by atoms with Gasteiger partial charge in [0.2, 0.25) is 5.91 Å². The van der Waals surface area contributed by atoms with Crippen molar-refractivity contribution < 1.29 is 4.79 Å². The Bertz CT molecular complexity index is 799. The van der Waals surface area contributed by atoms with E-state index in [-0.39, 0.29) is 5.91 Å². The summed E-state index contributed by atoms with van der Waals surface area (Å²) in [4.78, 5) is 12.0. The molecule has 3 rings (SSSR count). The molecule has 5 nitrogen and oxygen atoms in total. The minimum atomic E-state index is -0.0248. The van der Waals surface area contributed by atoms with Crippen molar-refractivity contribution in [2.75, 3.05) is 5.75 Å². The normalized spacial score (nSPS) is 10.5. The number of carbonyl (C=O) groups excluding carboxylic acids is 1. The fourth-order valence-corrected chi connectivity index (χ4v) is 2.94.